The highest BCUT2D eigenvalue weighted by Crippen LogP contribution is 2.09. The van der Waals surface area contributed by atoms with E-state index in [4.69, 9.17) is 15.3 Å². The van der Waals surface area contributed by atoms with E-state index < -0.39 is 11.6 Å². The van der Waals surface area contributed by atoms with Crippen LogP contribution < -0.4 is 0 Å². The van der Waals surface area contributed by atoms with Gasteiger partial charge in [-0.05, 0) is 33.6 Å². The Bertz CT molecular complexity index is 265. The lowest BCUT2D eigenvalue weighted by atomic mass is 10.1. The standard InChI is InChI=1S/C10H17NO4/c1-10(2,3)15-8(12)6-4-5-7(11)9(13)14/h11H,4-6H2,1-3H3,(H,13,14). The van der Waals surface area contributed by atoms with Crippen molar-refractivity contribution in [3.63, 3.8) is 0 Å². The van der Waals surface area contributed by atoms with E-state index in [-0.39, 0.29) is 24.5 Å². The lowest BCUT2D eigenvalue weighted by Gasteiger charge is -2.19. The van der Waals surface area contributed by atoms with Gasteiger partial charge in [0.05, 0.1) is 0 Å². The molecule has 86 valence electrons. The van der Waals surface area contributed by atoms with Crippen LogP contribution in [0.4, 0.5) is 0 Å². The minimum atomic E-state index is -1.24. The van der Waals surface area contributed by atoms with Gasteiger partial charge < -0.3 is 9.84 Å². The first-order valence-corrected chi connectivity index (χ1v) is 4.75. The summed E-state index contributed by atoms with van der Waals surface area (Å²) in [6.45, 7) is 5.30. The summed E-state index contributed by atoms with van der Waals surface area (Å²) >= 11 is 0. The molecule has 0 radical (unpaired) electrons. The molecule has 0 atom stereocenters. The van der Waals surface area contributed by atoms with Gasteiger partial charge >= 0.3 is 11.9 Å². The van der Waals surface area contributed by atoms with Crippen LogP contribution in [0.2, 0.25) is 0 Å². The van der Waals surface area contributed by atoms with Gasteiger partial charge in [-0.3, -0.25) is 10.2 Å². The molecule has 0 bridgehead atoms. The van der Waals surface area contributed by atoms with Gasteiger partial charge in [0.1, 0.15) is 11.3 Å². The first-order valence-electron chi connectivity index (χ1n) is 4.75. The Morgan fingerprint density at radius 2 is 1.80 bits per heavy atom. The number of hydrogen-bond donors (Lipinski definition) is 2. The van der Waals surface area contributed by atoms with Gasteiger partial charge in [0.2, 0.25) is 0 Å². The molecule has 0 aromatic heterocycles. The molecule has 0 fully saturated rings. The molecular formula is C10H17NO4. The summed E-state index contributed by atoms with van der Waals surface area (Å²) in [5.74, 6) is -1.60. The van der Waals surface area contributed by atoms with E-state index in [1.165, 1.54) is 0 Å². The van der Waals surface area contributed by atoms with Crippen molar-refractivity contribution < 1.29 is 19.4 Å². The molecule has 0 heterocycles. The number of carboxylic acid groups (broad SMARTS) is 1. The fraction of sp³-hybridized carbons (Fsp3) is 0.700. The Kier molecular flexibility index (Phi) is 4.97. The molecule has 0 aliphatic heterocycles. The molecule has 0 rings (SSSR count). The molecule has 5 heteroatoms. The van der Waals surface area contributed by atoms with Crippen molar-refractivity contribution in [2.75, 3.05) is 0 Å². The third-order valence-electron chi connectivity index (χ3n) is 1.49. The summed E-state index contributed by atoms with van der Waals surface area (Å²) in [5, 5.41) is 15.4. The molecule has 0 aromatic rings. The second-order valence-electron chi connectivity index (χ2n) is 4.22. The zero-order valence-electron chi connectivity index (χ0n) is 9.29. The van der Waals surface area contributed by atoms with Crippen molar-refractivity contribution in [3.8, 4) is 0 Å². The van der Waals surface area contributed by atoms with E-state index in [0.717, 1.165) is 0 Å². The van der Waals surface area contributed by atoms with Crippen LogP contribution >= 0.6 is 0 Å². The molecule has 15 heavy (non-hydrogen) atoms. The summed E-state index contributed by atoms with van der Waals surface area (Å²) < 4.78 is 5.02. The van der Waals surface area contributed by atoms with Crippen molar-refractivity contribution in [1.82, 2.24) is 0 Å². The average molecular weight is 215 g/mol. The second kappa shape index (κ2) is 5.48. The highest BCUT2D eigenvalue weighted by molar-refractivity contribution is 6.34. The number of carbonyl (C=O) groups is 2. The van der Waals surface area contributed by atoms with Gasteiger partial charge in [-0.2, -0.15) is 0 Å². The molecular weight excluding hydrogens is 198 g/mol. The SMILES string of the molecule is CC(C)(C)OC(=O)CCCC(=N)C(=O)O. The van der Waals surface area contributed by atoms with E-state index in [0.29, 0.717) is 6.42 Å². The summed E-state index contributed by atoms with van der Waals surface area (Å²) in [6.07, 6.45) is 0.571. The van der Waals surface area contributed by atoms with Crippen LogP contribution in [0.15, 0.2) is 0 Å². The Labute approximate surface area is 88.9 Å². The van der Waals surface area contributed by atoms with Crippen molar-refractivity contribution in [2.24, 2.45) is 0 Å². The van der Waals surface area contributed by atoms with Gasteiger partial charge in [0, 0.05) is 6.42 Å². The van der Waals surface area contributed by atoms with Gasteiger partial charge in [-0.1, -0.05) is 0 Å². The molecule has 0 spiro atoms. The van der Waals surface area contributed by atoms with Gasteiger partial charge in [-0.25, -0.2) is 4.79 Å². The maximum absolute atomic E-state index is 11.2. The lowest BCUT2D eigenvalue weighted by Crippen LogP contribution is -2.23. The fourth-order valence-electron chi connectivity index (χ4n) is 0.909. The number of carbonyl (C=O) groups excluding carboxylic acids is 1. The predicted octanol–water partition coefficient (Wildman–Crippen LogP) is 1.60. The first kappa shape index (κ1) is 13.6. The number of aliphatic carboxylic acids is 1. The molecule has 0 aromatic carbocycles. The van der Waals surface area contributed by atoms with Crippen molar-refractivity contribution in [1.29, 1.82) is 5.41 Å². The largest absolute Gasteiger partial charge is 0.477 e. The Balaban J connectivity index is 3.74. The monoisotopic (exact) mass is 215 g/mol. The Hall–Kier alpha value is -1.39. The Morgan fingerprint density at radius 1 is 1.27 bits per heavy atom. The van der Waals surface area contributed by atoms with Crippen molar-refractivity contribution in [2.45, 2.75) is 45.6 Å². The molecule has 2 N–H and O–H groups in total. The highest BCUT2D eigenvalue weighted by atomic mass is 16.6. The number of hydrogen-bond acceptors (Lipinski definition) is 4. The number of carboxylic acids is 1. The Morgan fingerprint density at radius 3 is 2.20 bits per heavy atom. The summed E-state index contributed by atoms with van der Waals surface area (Å²) in [4.78, 5) is 21.4. The third-order valence-corrected chi connectivity index (χ3v) is 1.49. The maximum atomic E-state index is 11.2. The molecule has 0 saturated heterocycles. The predicted molar refractivity (Wildman–Crippen MR) is 55.1 cm³/mol. The number of esters is 1. The summed E-state index contributed by atoms with van der Waals surface area (Å²) in [7, 11) is 0. The van der Waals surface area contributed by atoms with E-state index in [1.54, 1.807) is 20.8 Å². The average Bonchev–Trinajstić information content (AvgIpc) is 2.00. The van der Waals surface area contributed by atoms with Crippen LogP contribution in [0.5, 0.6) is 0 Å². The maximum Gasteiger partial charge on any atom is 0.349 e. The van der Waals surface area contributed by atoms with Gasteiger partial charge in [0.15, 0.2) is 0 Å². The van der Waals surface area contributed by atoms with E-state index >= 15 is 0 Å². The highest BCUT2D eigenvalue weighted by Gasteiger charge is 2.16. The quantitative estimate of drug-likeness (QED) is 0.538. The normalized spacial score (nSPS) is 10.9. The van der Waals surface area contributed by atoms with Crippen LogP contribution in [0, 0.1) is 5.41 Å². The molecule has 0 amide bonds. The summed E-state index contributed by atoms with van der Waals surface area (Å²) in [5.41, 5.74) is -0.893. The number of rotatable bonds is 5. The minimum absolute atomic E-state index is 0.0918. The molecule has 0 saturated carbocycles. The van der Waals surface area contributed by atoms with Crippen LogP contribution in [0.3, 0.4) is 0 Å². The number of ether oxygens (including phenoxy) is 1. The van der Waals surface area contributed by atoms with E-state index in [9.17, 15) is 9.59 Å². The van der Waals surface area contributed by atoms with E-state index in [2.05, 4.69) is 0 Å². The molecule has 0 unspecified atom stereocenters. The fourth-order valence-corrected chi connectivity index (χ4v) is 0.909. The smallest absolute Gasteiger partial charge is 0.349 e. The van der Waals surface area contributed by atoms with Crippen molar-refractivity contribution >= 4 is 17.7 Å². The van der Waals surface area contributed by atoms with Gasteiger partial charge in [0.25, 0.3) is 0 Å². The molecule has 5 nitrogen and oxygen atoms in total. The number of nitrogens with one attached hydrogen (secondary N) is 1. The van der Waals surface area contributed by atoms with Crippen molar-refractivity contribution in [3.05, 3.63) is 0 Å². The third kappa shape index (κ3) is 7.66. The van der Waals surface area contributed by atoms with Crippen LogP contribution in [-0.4, -0.2) is 28.4 Å². The lowest BCUT2D eigenvalue weighted by molar-refractivity contribution is -0.154. The second-order valence-corrected chi connectivity index (χ2v) is 4.22. The van der Waals surface area contributed by atoms with Gasteiger partial charge in [-0.15, -0.1) is 0 Å². The van der Waals surface area contributed by atoms with Crippen LogP contribution in [0.25, 0.3) is 0 Å². The minimum Gasteiger partial charge on any atom is -0.477 e. The zero-order chi connectivity index (χ0) is 12.1. The van der Waals surface area contributed by atoms with Crippen LogP contribution in [0.1, 0.15) is 40.0 Å². The zero-order valence-corrected chi connectivity index (χ0v) is 9.29. The summed E-state index contributed by atoms with van der Waals surface area (Å²) in [6, 6.07) is 0. The molecule has 0 aliphatic rings. The first-order chi connectivity index (χ1) is 6.72. The van der Waals surface area contributed by atoms with Crippen LogP contribution in [-0.2, 0) is 14.3 Å². The molecule has 0 aliphatic carbocycles. The topological polar surface area (TPSA) is 87.5 Å². The van der Waals surface area contributed by atoms with E-state index in [1.807, 2.05) is 0 Å².